The average molecular weight is 242 g/mol. The second-order valence-corrected chi connectivity index (χ2v) is 4.84. The summed E-state index contributed by atoms with van der Waals surface area (Å²) in [4.78, 5) is 17.2. The van der Waals surface area contributed by atoms with Crippen molar-refractivity contribution in [2.45, 2.75) is 39.8 Å². The van der Waals surface area contributed by atoms with Crippen LogP contribution in [0.2, 0.25) is 0 Å². The summed E-state index contributed by atoms with van der Waals surface area (Å²) in [7, 11) is 0. The molecule has 5 heteroatoms. The molecule has 0 spiro atoms. The molecule has 0 bridgehead atoms. The minimum Gasteiger partial charge on any atom is -0.481 e. The van der Waals surface area contributed by atoms with Crippen molar-refractivity contribution in [1.82, 2.24) is 9.88 Å². The third-order valence-electron chi connectivity index (χ3n) is 2.50. The van der Waals surface area contributed by atoms with Gasteiger partial charge in [0.05, 0.1) is 13.0 Å². The van der Waals surface area contributed by atoms with E-state index in [2.05, 4.69) is 9.88 Å². The van der Waals surface area contributed by atoms with Gasteiger partial charge in [-0.2, -0.15) is 0 Å². The molecule has 0 fully saturated rings. The molecule has 4 nitrogen and oxygen atoms in total. The molecule has 1 heterocycles. The number of nitrogens with zero attached hydrogens (tertiary/aromatic N) is 2. The van der Waals surface area contributed by atoms with E-state index in [0.717, 1.165) is 23.8 Å². The van der Waals surface area contributed by atoms with Gasteiger partial charge >= 0.3 is 5.97 Å². The monoisotopic (exact) mass is 242 g/mol. The van der Waals surface area contributed by atoms with Gasteiger partial charge in [0.15, 0.2) is 0 Å². The number of aliphatic carboxylic acids is 1. The molecule has 90 valence electrons. The van der Waals surface area contributed by atoms with Gasteiger partial charge in [0.1, 0.15) is 5.01 Å². The van der Waals surface area contributed by atoms with E-state index in [1.165, 1.54) is 0 Å². The summed E-state index contributed by atoms with van der Waals surface area (Å²) < 4.78 is 0. The smallest absolute Gasteiger partial charge is 0.304 e. The third kappa shape index (κ3) is 3.90. The Morgan fingerprint density at radius 2 is 2.38 bits per heavy atom. The van der Waals surface area contributed by atoms with Crippen molar-refractivity contribution in [2.75, 3.05) is 6.54 Å². The minimum atomic E-state index is -0.749. The number of rotatable bonds is 6. The highest BCUT2D eigenvalue weighted by Crippen LogP contribution is 2.14. The number of aromatic nitrogens is 1. The van der Waals surface area contributed by atoms with Crippen LogP contribution in [0.5, 0.6) is 0 Å². The summed E-state index contributed by atoms with van der Waals surface area (Å²) in [6.07, 6.45) is 0.179. The lowest BCUT2D eigenvalue weighted by Gasteiger charge is -2.25. The molecule has 1 aromatic rings. The lowest BCUT2D eigenvalue weighted by molar-refractivity contribution is -0.138. The predicted octanol–water partition coefficient (Wildman–Crippen LogP) is 2.14. The molecule has 0 aliphatic carbocycles. The quantitative estimate of drug-likeness (QED) is 0.830. The van der Waals surface area contributed by atoms with Crippen LogP contribution in [-0.4, -0.2) is 33.5 Å². The Morgan fingerprint density at radius 3 is 2.81 bits per heavy atom. The maximum absolute atomic E-state index is 10.6. The zero-order valence-electron chi connectivity index (χ0n) is 9.93. The van der Waals surface area contributed by atoms with Crippen molar-refractivity contribution < 1.29 is 9.90 Å². The number of carboxylic acid groups (broad SMARTS) is 1. The van der Waals surface area contributed by atoms with E-state index in [0.29, 0.717) is 0 Å². The largest absolute Gasteiger partial charge is 0.481 e. The first-order valence-corrected chi connectivity index (χ1v) is 6.27. The standard InChI is InChI=1S/C11H18N2O2S/c1-4-13(9(3)5-11(14)15)6-10-12-8(2)7-16-10/h7,9H,4-6H2,1-3H3,(H,14,15). The highest BCUT2D eigenvalue weighted by molar-refractivity contribution is 7.09. The topological polar surface area (TPSA) is 53.4 Å². The Labute approximate surface area is 99.9 Å². The molecular weight excluding hydrogens is 224 g/mol. The summed E-state index contributed by atoms with van der Waals surface area (Å²) in [5.41, 5.74) is 1.03. The second kappa shape index (κ2) is 5.96. The van der Waals surface area contributed by atoms with Crippen molar-refractivity contribution in [3.8, 4) is 0 Å². The van der Waals surface area contributed by atoms with Gasteiger partial charge in [-0.25, -0.2) is 4.98 Å². The van der Waals surface area contributed by atoms with Gasteiger partial charge in [-0.1, -0.05) is 6.92 Å². The first-order chi connectivity index (χ1) is 7.52. The molecule has 16 heavy (non-hydrogen) atoms. The van der Waals surface area contributed by atoms with Gasteiger partial charge in [-0.15, -0.1) is 11.3 Å². The Morgan fingerprint density at radius 1 is 1.69 bits per heavy atom. The third-order valence-corrected chi connectivity index (χ3v) is 3.46. The first kappa shape index (κ1) is 13.1. The normalized spacial score (nSPS) is 13.0. The zero-order valence-corrected chi connectivity index (χ0v) is 10.8. The van der Waals surface area contributed by atoms with Gasteiger partial charge in [0, 0.05) is 17.1 Å². The van der Waals surface area contributed by atoms with Crippen molar-refractivity contribution in [3.05, 3.63) is 16.1 Å². The summed E-state index contributed by atoms with van der Waals surface area (Å²) in [5.74, 6) is -0.749. The molecule has 1 atom stereocenters. The van der Waals surface area contributed by atoms with E-state index in [1.807, 2.05) is 26.2 Å². The Balaban J connectivity index is 2.57. The van der Waals surface area contributed by atoms with Gasteiger partial charge in [-0.05, 0) is 20.4 Å². The minimum absolute atomic E-state index is 0.0479. The molecule has 0 amide bonds. The van der Waals surface area contributed by atoms with E-state index in [4.69, 9.17) is 5.11 Å². The summed E-state index contributed by atoms with van der Waals surface area (Å²) in [6.45, 7) is 7.53. The number of hydrogen-bond donors (Lipinski definition) is 1. The van der Waals surface area contributed by atoms with Crippen molar-refractivity contribution in [2.24, 2.45) is 0 Å². The molecule has 0 radical (unpaired) electrons. The van der Waals surface area contributed by atoms with Crippen molar-refractivity contribution in [1.29, 1.82) is 0 Å². The van der Waals surface area contributed by atoms with Gasteiger partial charge < -0.3 is 5.11 Å². The van der Waals surface area contributed by atoms with Crippen LogP contribution in [0.25, 0.3) is 0 Å². The average Bonchev–Trinajstić information content (AvgIpc) is 2.59. The highest BCUT2D eigenvalue weighted by Gasteiger charge is 2.16. The van der Waals surface area contributed by atoms with Crippen LogP contribution < -0.4 is 0 Å². The number of thiazole rings is 1. The van der Waals surface area contributed by atoms with Crippen LogP contribution in [0, 0.1) is 6.92 Å². The Kier molecular flexibility index (Phi) is 4.89. The summed E-state index contributed by atoms with van der Waals surface area (Å²) in [5, 5.41) is 11.8. The first-order valence-electron chi connectivity index (χ1n) is 5.39. The van der Waals surface area contributed by atoms with E-state index >= 15 is 0 Å². The van der Waals surface area contributed by atoms with Crippen LogP contribution in [0.4, 0.5) is 0 Å². The van der Waals surface area contributed by atoms with E-state index in [9.17, 15) is 4.79 Å². The summed E-state index contributed by atoms with van der Waals surface area (Å²) >= 11 is 1.63. The molecule has 1 rings (SSSR count). The van der Waals surface area contributed by atoms with E-state index in [1.54, 1.807) is 11.3 Å². The van der Waals surface area contributed by atoms with Gasteiger partial charge in [0.25, 0.3) is 0 Å². The fourth-order valence-corrected chi connectivity index (χ4v) is 2.41. The fraction of sp³-hybridized carbons (Fsp3) is 0.636. The van der Waals surface area contributed by atoms with Crippen LogP contribution >= 0.6 is 11.3 Å². The number of carbonyl (C=O) groups is 1. The SMILES string of the molecule is CCN(Cc1nc(C)cs1)C(C)CC(=O)O. The molecular formula is C11H18N2O2S. The number of aryl methyl sites for hydroxylation is 1. The molecule has 0 aromatic carbocycles. The molecule has 1 N–H and O–H groups in total. The van der Waals surface area contributed by atoms with E-state index < -0.39 is 5.97 Å². The maximum atomic E-state index is 10.6. The molecule has 0 aliphatic heterocycles. The number of carboxylic acids is 1. The summed E-state index contributed by atoms with van der Waals surface area (Å²) in [6, 6.07) is 0.0479. The molecule has 0 saturated carbocycles. The highest BCUT2D eigenvalue weighted by atomic mass is 32.1. The van der Waals surface area contributed by atoms with Crippen LogP contribution in [0.1, 0.15) is 31.0 Å². The number of hydrogen-bond acceptors (Lipinski definition) is 4. The molecule has 1 unspecified atom stereocenters. The lowest BCUT2D eigenvalue weighted by atomic mass is 10.2. The van der Waals surface area contributed by atoms with E-state index in [-0.39, 0.29) is 12.5 Å². The van der Waals surface area contributed by atoms with Crippen LogP contribution in [0.15, 0.2) is 5.38 Å². The molecule has 0 saturated heterocycles. The molecule has 1 aromatic heterocycles. The van der Waals surface area contributed by atoms with Gasteiger partial charge in [-0.3, -0.25) is 9.69 Å². The predicted molar refractivity (Wildman–Crippen MR) is 64.6 cm³/mol. The molecule has 0 aliphatic rings. The second-order valence-electron chi connectivity index (χ2n) is 3.89. The van der Waals surface area contributed by atoms with Crippen molar-refractivity contribution in [3.63, 3.8) is 0 Å². The van der Waals surface area contributed by atoms with Crippen LogP contribution in [-0.2, 0) is 11.3 Å². The lowest BCUT2D eigenvalue weighted by Crippen LogP contribution is -2.34. The van der Waals surface area contributed by atoms with Crippen molar-refractivity contribution >= 4 is 17.3 Å². The fourth-order valence-electron chi connectivity index (χ4n) is 1.61. The zero-order chi connectivity index (χ0) is 12.1. The Hall–Kier alpha value is -0.940. The maximum Gasteiger partial charge on any atom is 0.304 e. The van der Waals surface area contributed by atoms with Gasteiger partial charge in [0.2, 0.25) is 0 Å². The Bertz CT molecular complexity index is 352. The van der Waals surface area contributed by atoms with Crippen LogP contribution in [0.3, 0.4) is 0 Å².